The fraction of sp³-hybridized carbons (Fsp3) is 0.417. The molecule has 2 aromatic rings. The number of rotatable bonds is 3. The van der Waals surface area contributed by atoms with E-state index in [-0.39, 0.29) is 12.4 Å². The van der Waals surface area contributed by atoms with E-state index in [2.05, 4.69) is 20.4 Å². The maximum Gasteiger partial charge on any atom is 0.231 e. The van der Waals surface area contributed by atoms with E-state index in [9.17, 15) is 0 Å². The first-order valence-electron chi connectivity index (χ1n) is 5.84. The Balaban J connectivity index is 0.00000120. The Bertz CT molecular complexity index is 482. The maximum absolute atomic E-state index is 5.30. The summed E-state index contributed by atoms with van der Waals surface area (Å²) in [6, 6.07) is 3.93. The van der Waals surface area contributed by atoms with Gasteiger partial charge in [-0.05, 0) is 24.6 Å². The normalized spacial score (nSPS) is 18.6. The molecule has 0 aliphatic carbocycles. The second-order valence-corrected chi connectivity index (χ2v) is 4.28. The van der Waals surface area contributed by atoms with E-state index in [4.69, 9.17) is 4.52 Å². The molecule has 0 aromatic carbocycles. The summed E-state index contributed by atoms with van der Waals surface area (Å²) < 4.78 is 5.30. The molecular formula is C12H15ClN4O. The molecule has 5 nitrogen and oxygen atoms in total. The van der Waals surface area contributed by atoms with Gasteiger partial charge in [-0.3, -0.25) is 4.98 Å². The minimum Gasteiger partial charge on any atom is -0.339 e. The third-order valence-corrected chi connectivity index (χ3v) is 2.98. The van der Waals surface area contributed by atoms with Crippen LogP contribution in [0, 0.1) is 0 Å². The number of nitrogens with zero attached hydrogens (tertiary/aromatic N) is 3. The van der Waals surface area contributed by atoms with Crippen molar-refractivity contribution in [2.45, 2.75) is 18.8 Å². The van der Waals surface area contributed by atoms with Crippen LogP contribution in [0.25, 0.3) is 0 Å². The number of hydrogen-bond donors (Lipinski definition) is 1. The monoisotopic (exact) mass is 266 g/mol. The second kappa shape index (κ2) is 5.93. The number of aromatic nitrogens is 3. The van der Waals surface area contributed by atoms with Gasteiger partial charge in [0.2, 0.25) is 5.89 Å². The SMILES string of the molecule is Cl.c1cncc(Cc2noc(C3CCNC3)n2)c1. The van der Waals surface area contributed by atoms with Crippen LogP contribution >= 0.6 is 12.4 Å². The van der Waals surface area contributed by atoms with Gasteiger partial charge in [0.25, 0.3) is 0 Å². The van der Waals surface area contributed by atoms with Crippen molar-refractivity contribution in [2.24, 2.45) is 0 Å². The van der Waals surface area contributed by atoms with Crippen molar-refractivity contribution in [3.05, 3.63) is 41.8 Å². The quantitative estimate of drug-likeness (QED) is 0.913. The van der Waals surface area contributed by atoms with Gasteiger partial charge in [0.05, 0.1) is 5.92 Å². The molecule has 0 spiro atoms. The summed E-state index contributed by atoms with van der Waals surface area (Å²) in [7, 11) is 0. The van der Waals surface area contributed by atoms with Gasteiger partial charge in [0, 0.05) is 25.4 Å². The summed E-state index contributed by atoms with van der Waals surface area (Å²) in [5, 5.41) is 7.31. The smallest absolute Gasteiger partial charge is 0.231 e. The van der Waals surface area contributed by atoms with Crippen molar-refractivity contribution < 1.29 is 4.52 Å². The van der Waals surface area contributed by atoms with Gasteiger partial charge >= 0.3 is 0 Å². The van der Waals surface area contributed by atoms with Gasteiger partial charge in [-0.15, -0.1) is 12.4 Å². The van der Waals surface area contributed by atoms with Gasteiger partial charge in [0.15, 0.2) is 5.82 Å². The predicted octanol–water partition coefficient (Wildman–Crippen LogP) is 1.55. The zero-order valence-corrected chi connectivity index (χ0v) is 10.7. The van der Waals surface area contributed by atoms with Gasteiger partial charge in [0.1, 0.15) is 0 Å². The summed E-state index contributed by atoms with van der Waals surface area (Å²) in [6.07, 6.45) is 5.34. The van der Waals surface area contributed by atoms with E-state index in [1.807, 2.05) is 18.3 Å². The summed E-state index contributed by atoms with van der Waals surface area (Å²) in [6.45, 7) is 1.97. The Morgan fingerprint density at radius 3 is 3.11 bits per heavy atom. The summed E-state index contributed by atoms with van der Waals surface area (Å²) in [4.78, 5) is 8.51. The molecule has 0 radical (unpaired) electrons. The largest absolute Gasteiger partial charge is 0.339 e. The van der Waals surface area contributed by atoms with Crippen LogP contribution in [0.5, 0.6) is 0 Å². The van der Waals surface area contributed by atoms with Crippen molar-refractivity contribution in [2.75, 3.05) is 13.1 Å². The molecular weight excluding hydrogens is 252 g/mol. The molecule has 1 aliphatic rings. The molecule has 0 saturated carbocycles. The molecule has 2 aromatic heterocycles. The van der Waals surface area contributed by atoms with Crippen LogP contribution in [0.3, 0.4) is 0 Å². The molecule has 1 saturated heterocycles. The van der Waals surface area contributed by atoms with Crippen LogP contribution in [0.15, 0.2) is 29.0 Å². The third-order valence-electron chi connectivity index (χ3n) is 2.98. The second-order valence-electron chi connectivity index (χ2n) is 4.28. The molecule has 3 heterocycles. The van der Waals surface area contributed by atoms with Crippen LogP contribution < -0.4 is 5.32 Å². The Morgan fingerprint density at radius 2 is 2.39 bits per heavy atom. The van der Waals surface area contributed by atoms with Crippen molar-refractivity contribution in [3.8, 4) is 0 Å². The van der Waals surface area contributed by atoms with Gasteiger partial charge in [-0.1, -0.05) is 11.2 Å². The molecule has 1 fully saturated rings. The maximum atomic E-state index is 5.30. The average Bonchev–Trinajstić information content (AvgIpc) is 3.00. The average molecular weight is 267 g/mol. The van der Waals surface area contributed by atoms with Crippen molar-refractivity contribution >= 4 is 12.4 Å². The molecule has 0 amide bonds. The lowest BCUT2D eigenvalue weighted by molar-refractivity contribution is 0.355. The Morgan fingerprint density at radius 1 is 1.44 bits per heavy atom. The molecule has 1 aliphatic heterocycles. The van der Waals surface area contributed by atoms with E-state index < -0.39 is 0 Å². The summed E-state index contributed by atoms with van der Waals surface area (Å²) >= 11 is 0. The number of halogens is 1. The van der Waals surface area contributed by atoms with Crippen molar-refractivity contribution in [1.29, 1.82) is 0 Å². The third kappa shape index (κ3) is 2.86. The van der Waals surface area contributed by atoms with E-state index in [0.29, 0.717) is 12.3 Å². The van der Waals surface area contributed by atoms with Gasteiger partial charge in [-0.2, -0.15) is 4.98 Å². The van der Waals surface area contributed by atoms with E-state index in [1.165, 1.54) is 0 Å². The Labute approximate surface area is 111 Å². The number of hydrogen-bond acceptors (Lipinski definition) is 5. The highest BCUT2D eigenvalue weighted by Gasteiger charge is 2.22. The molecule has 3 rings (SSSR count). The highest BCUT2D eigenvalue weighted by molar-refractivity contribution is 5.85. The first-order chi connectivity index (χ1) is 8.42. The van der Waals surface area contributed by atoms with Crippen LogP contribution in [0.1, 0.15) is 29.6 Å². The standard InChI is InChI=1S/C12H14N4O.ClH/c1-2-9(7-13-4-1)6-11-15-12(17-16-11)10-3-5-14-8-10;/h1-2,4,7,10,14H,3,5-6,8H2;1H. The molecule has 6 heteroatoms. The van der Waals surface area contributed by atoms with Crippen LogP contribution in [-0.2, 0) is 6.42 Å². The highest BCUT2D eigenvalue weighted by Crippen LogP contribution is 2.20. The lowest BCUT2D eigenvalue weighted by atomic mass is 10.1. The van der Waals surface area contributed by atoms with Crippen molar-refractivity contribution in [3.63, 3.8) is 0 Å². The van der Waals surface area contributed by atoms with Gasteiger partial charge < -0.3 is 9.84 Å². The van der Waals surface area contributed by atoms with Crippen LogP contribution in [0.2, 0.25) is 0 Å². The van der Waals surface area contributed by atoms with E-state index >= 15 is 0 Å². The minimum absolute atomic E-state index is 0. The fourth-order valence-electron chi connectivity index (χ4n) is 2.06. The topological polar surface area (TPSA) is 63.8 Å². The molecule has 1 atom stereocenters. The van der Waals surface area contributed by atoms with Crippen molar-refractivity contribution in [1.82, 2.24) is 20.4 Å². The zero-order chi connectivity index (χ0) is 11.5. The highest BCUT2D eigenvalue weighted by atomic mass is 35.5. The first kappa shape index (κ1) is 13.0. The Hall–Kier alpha value is -1.46. The molecule has 1 N–H and O–H groups in total. The fourth-order valence-corrected chi connectivity index (χ4v) is 2.06. The molecule has 96 valence electrons. The van der Waals surface area contributed by atoms with E-state index in [0.717, 1.165) is 36.8 Å². The van der Waals surface area contributed by atoms with Gasteiger partial charge in [-0.25, -0.2) is 0 Å². The Kier molecular flexibility index (Phi) is 4.28. The molecule has 1 unspecified atom stereocenters. The first-order valence-corrected chi connectivity index (χ1v) is 5.84. The van der Waals surface area contributed by atoms with E-state index in [1.54, 1.807) is 6.20 Å². The van der Waals surface area contributed by atoms with Crippen LogP contribution in [0.4, 0.5) is 0 Å². The lowest BCUT2D eigenvalue weighted by Crippen LogP contribution is -2.08. The summed E-state index contributed by atoms with van der Waals surface area (Å²) in [5.74, 6) is 1.87. The molecule has 18 heavy (non-hydrogen) atoms. The van der Waals surface area contributed by atoms with Crippen LogP contribution in [-0.4, -0.2) is 28.2 Å². The number of pyridine rings is 1. The molecule has 0 bridgehead atoms. The lowest BCUT2D eigenvalue weighted by Gasteiger charge is -1.98. The minimum atomic E-state index is 0. The zero-order valence-electron chi connectivity index (χ0n) is 9.87. The summed E-state index contributed by atoms with van der Waals surface area (Å²) in [5.41, 5.74) is 1.10. The predicted molar refractivity (Wildman–Crippen MR) is 68.8 cm³/mol. The number of nitrogens with one attached hydrogen (secondary N) is 1.